The number of aryl methyl sites for hydroxylation is 1. The predicted molar refractivity (Wildman–Crippen MR) is 71.1 cm³/mol. The molecule has 2 aromatic rings. The molecule has 0 aliphatic heterocycles. The van der Waals surface area contributed by atoms with E-state index < -0.39 is 6.10 Å². The number of pyridine rings is 1. The Morgan fingerprint density at radius 1 is 1.28 bits per heavy atom. The van der Waals surface area contributed by atoms with Gasteiger partial charge in [0.15, 0.2) is 0 Å². The maximum absolute atomic E-state index is 9.49. The van der Waals surface area contributed by atoms with Gasteiger partial charge in [0, 0.05) is 17.3 Å². The summed E-state index contributed by atoms with van der Waals surface area (Å²) in [5, 5.41) is 10.2. The molecule has 1 atom stereocenters. The first-order valence-corrected chi connectivity index (χ1v) is 6.02. The first-order valence-electron chi connectivity index (χ1n) is 5.64. The van der Waals surface area contributed by atoms with Crippen LogP contribution in [-0.4, -0.2) is 10.1 Å². The SMILES string of the molecule is Cc1cc(Oc2cc(C(C)O)ccn2)ccc1Cl. The first kappa shape index (κ1) is 12.9. The number of aliphatic hydroxyl groups is 1. The highest BCUT2D eigenvalue weighted by atomic mass is 35.5. The van der Waals surface area contributed by atoms with Crippen LogP contribution >= 0.6 is 11.6 Å². The van der Waals surface area contributed by atoms with Gasteiger partial charge in [0.05, 0.1) is 6.10 Å². The number of benzene rings is 1. The van der Waals surface area contributed by atoms with E-state index in [4.69, 9.17) is 16.3 Å². The van der Waals surface area contributed by atoms with E-state index in [0.29, 0.717) is 16.7 Å². The van der Waals surface area contributed by atoms with Gasteiger partial charge in [0.25, 0.3) is 0 Å². The molecule has 2 rings (SSSR count). The van der Waals surface area contributed by atoms with Gasteiger partial charge >= 0.3 is 0 Å². The van der Waals surface area contributed by atoms with Crippen LogP contribution in [0.4, 0.5) is 0 Å². The fourth-order valence-corrected chi connectivity index (χ4v) is 1.66. The van der Waals surface area contributed by atoms with Crippen LogP contribution in [-0.2, 0) is 0 Å². The summed E-state index contributed by atoms with van der Waals surface area (Å²) >= 11 is 5.95. The number of aromatic nitrogens is 1. The zero-order valence-electron chi connectivity index (χ0n) is 10.2. The summed E-state index contributed by atoms with van der Waals surface area (Å²) < 4.78 is 5.62. The second-order valence-corrected chi connectivity index (χ2v) is 4.52. The monoisotopic (exact) mass is 263 g/mol. The zero-order chi connectivity index (χ0) is 13.1. The van der Waals surface area contributed by atoms with Crippen molar-refractivity contribution < 1.29 is 9.84 Å². The lowest BCUT2D eigenvalue weighted by Crippen LogP contribution is -1.94. The van der Waals surface area contributed by atoms with Crippen LogP contribution in [0.25, 0.3) is 0 Å². The standard InChI is InChI=1S/C14H14ClNO2/c1-9-7-12(3-4-13(9)15)18-14-8-11(10(2)17)5-6-16-14/h3-8,10,17H,1-2H3. The Balaban J connectivity index is 2.23. The van der Waals surface area contributed by atoms with Gasteiger partial charge in [-0.2, -0.15) is 0 Å². The molecular formula is C14H14ClNO2. The lowest BCUT2D eigenvalue weighted by atomic mass is 10.2. The maximum Gasteiger partial charge on any atom is 0.219 e. The lowest BCUT2D eigenvalue weighted by molar-refractivity contribution is 0.198. The Hall–Kier alpha value is -1.58. The maximum atomic E-state index is 9.49. The smallest absolute Gasteiger partial charge is 0.219 e. The highest BCUT2D eigenvalue weighted by Gasteiger charge is 2.05. The minimum atomic E-state index is -0.540. The molecule has 0 spiro atoms. The van der Waals surface area contributed by atoms with Gasteiger partial charge in [-0.05, 0) is 49.2 Å². The molecule has 0 radical (unpaired) electrons. The summed E-state index contributed by atoms with van der Waals surface area (Å²) in [6.45, 7) is 3.61. The van der Waals surface area contributed by atoms with Gasteiger partial charge in [-0.1, -0.05) is 11.6 Å². The van der Waals surface area contributed by atoms with E-state index in [0.717, 1.165) is 11.1 Å². The minimum Gasteiger partial charge on any atom is -0.439 e. The van der Waals surface area contributed by atoms with E-state index >= 15 is 0 Å². The number of hydrogen-bond donors (Lipinski definition) is 1. The third-order valence-corrected chi connectivity index (χ3v) is 3.02. The van der Waals surface area contributed by atoms with Crippen molar-refractivity contribution in [3.05, 3.63) is 52.7 Å². The molecule has 1 aromatic carbocycles. The summed E-state index contributed by atoms with van der Waals surface area (Å²) in [4.78, 5) is 4.10. The van der Waals surface area contributed by atoms with E-state index in [-0.39, 0.29) is 0 Å². The molecule has 94 valence electrons. The van der Waals surface area contributed by atoms with Crippen LogP contribution in [0.1, 0.15) is 24.2 Å². The summed E-state index contributed by atoms with van der Waals surface area (Å²) in [5.41, 5.74) is 1.71. The summed E-state index contributed by atoms with van der Waals surface area (Å²) in [5.74, 6) is 1.13. The average molecular weight is 264 g/mol. The van der Waals surface area contributed by atoms with Gasteiger partial charge in [0.1, 0.15) is 5.75 Å². The molecule has 1 N–H and O–H groups in total. The molecule has 18 heavy (non-hydrogen) atoms. The Morgan fingerprint density at radius 3 is 2.72 bits per heavy atom. The van der Waals surface area contributed by atoms with Crippen molar-refractivity contribution >= 4 is 11.6 Å². The normalized spacial score (nSPS) is 12.2. The van der Waals surface area contributed by atoms with Crippen LogP contribution < -0.4 is 4.74 Å². The average Bonchev–Trinajstić information content (AvgIpc) is 2.34. The van der Waals surface area contributed by atoms with E-state index in [2.05, 4.69) is 4.98 Å². The van der Waals surface area contributed by atoms with Crippen molar-refractivity contribution in [1.29, 1.82) is 0 Å². The molecule has 3 nitrogen and oxygen atoms in total. The van der Waals surface area contributed by atoms with Crippen molar-refractivity contribution in [2.45, 2.75) is 20.0 Å². The Kier molecular flexibility index (Phi) is 3.84. The van der Waals surface area contributed by atoms with Crippen molar-refractivity contribution in [1.82, 2.24) is 4.98 Å². The molecule has 0 fully saturated rings. The van der Waals surface area contributed by atoms with Crippen LogP contribution in [0.15, 0.2) is 36.5 Å². The topological polar surface area (TPSA) is 42.4 Å². The van der Waals surface area contributed by atoms with Crippen LogP contribution in [0.3, 0.4) is 0 Å². The van der Waals surface area contributed by atoms with E-state index in [1.54, 1.807) is 37.4 Å². The van der Waals surface area contributed by atoms with E-state index in [9.17, 15) is 5.11 Å². The van der Waals surface area contributed by atoms with Crippen molar-refractivity contribution in [2.24, 2.45) is 0 Å². The molecule has 0 aliphatic rings. The van der Waals surface area contributed by atoms with Gasteiger partial charge < -0.3 is 9.84 Å². The molecule has 1 unspecified atom stereocenters. The Labute approximate surface area is 111 Å². The van der Waals surface area contributed by atoms with Crippen molar-refractivity contribution in [3.63, 3.8) is 0 Å². The van der Waals surface area contributed by atoms with Crippen LogP contribution in [0.5, 0.6) is 11.6 Å². The number of halogens is 1. The number of aliphatic hydroxyl groups excluding tert-OH is 1. The predicted octanol–water partition coefficient (Wildman–Crippen LogP) is 3.89. The lowest BCUT2D eigenvalue weighted by Gasteiger charge is -2.09. The second kappa shape index (κ2) is 5.38. The fraction of sp³-hybridized carbons (Fsp3) is 0.214. The number of rotatable bonds is 3. The molecule has 0 aliphatic carbocycles. The molecule has 1 heterocycles. The number of nitrogens with zero attached hydrogens (tertiary/aromatic N) is 1. The fourth-order valence-electron chi connectivity index (χ4n) is 1.54. The summed E-state index contributed by atoms with van der Waals surface area (Å²) in [7, 11) is 0. The van der Waals surface area contributed by atoms with Crippen molar-refractivity contribution in [2.75, 3.05) is 0 Å². The van der Waals surface area contributed by atoms with Gasteiger partial charge in [0.2, 0.25) is 5.88 Å². The van der Waals surface area contributed by atoms with Gasteiger partial charge in [-0.3, -0.25) is 0 Å². The minimum absolute atomic E-state index is 0.454. The zero-order valence-corrected chi connectivity index (χ0v) is 11.0. The largest absolute Gasteiger partial charge is 0.439 e. The molecule has 4 heteroatoms. The quantitative estimate of drug-likeness (QED) is 0.914. The highest BCUT2D eigenvalue weighted by Crippen LogP contribution is 2.26. The van der Waals surface area contributed by atoms with Crippen LogP contribution in [0, 0.1) is 6.92 Å². The molecule has 0 bridgehead atoms. The molecule has 1 aromatic heterocycles. The summed E-state index contributed by atoms with van der Waals surface area (Å²) in [6.07, 6.45) is 1.07. The third kappa shape index (κ3) is 3.00. The van der Waals surface area contributed by atoms with E-state index in [1.807, 2.05) is 13.0 Å². The van der Waals surface area contributed by atoms with Crippen molar-refractivity contribution in [3.8, 4) is 11.6 Å². The highest BCUT2D eigenvalue weighted by molar-refractivity contribution is 6.31. The van der Waals surface area contributed by atoms with Crippen LogP contribution in [0.2, 0.25) is 5.02 Å². The number of ether oxygens (including phenoxy) is 1. The van der Waals surface area contributed by atoms with E-state index in [1.165, 1.54) is 0 Å². The molecular weight excluding hydrogens is 250 g/mol. The van der Waals surface area contributed by atoms with Gasteiger partial charge in [-0.25, -0.2) is 4.98 Å². The molecule has 0 amide bonds. The molecule has 0 saturated carbocycles. The Bertz CT molecular complexity index is 555. The summed E-state index contributed by atoms with van der Waals surface area (Å²) in [6, 6.07) is 8.88. The van der Waals surface area contributed by atoms with Gasteiger partial charge in [-0.15, -0.1) is 0 Å². The number of hydrogen-bond acceptors (Lipinski definition) is 3. The Morgan fingerprint density at radius 2 is 2.06 bits per heavy atom. The third-order valence-electron chi connectivity index (χ3n) is 2.59. The second-order valence-electron chi connectivity index (χ2n) is 4.12. The first-order chi connectivity index (χ1) is 8.56. The molecule has 0 saturated heterocycles.